The van der Waals surface area contributed by atoms with E-state index >= 15 is 0 Å². The molecule has 1 aromatic carbocycles. The van der Waals surface area contributed by atoms with Crippen LogP contribution in [-0.2, 0) is 19.1 Å². The van der Waals surface area contributed by atoms with Crippen molar-refractivity contribution in [2.24, 2.45) is 5.92 Å². The highest BCUT2D eigenvalue weighted by molar-refractivity contribution is 5.86. The topological polar surface area (TPSA) is 105 Å². The van der Waals surface area contributed by atoms with Gasteiger partial charge in [0.05, 0.1) is 24.6 Å². The first-order valence-electron chi connectivity index (χ1n) is 11.1. The number of carbonyl (C=O) groups excluding carboxylic acids is 3. The average molecular weight is 429 g/mol. The molecule has 1 fully saturated rings. The van der Waals surface area contributed by atoms with Crippen molar-refractivity contribution in [2.75, 3.05) is 13.2 Å². The van der Waals surface area contributed by atoms with Gasteiger partial charge in [-0.05, 0) is 31.2 Å². The van der Waals surface area contributed by atoms with Gasteiger partial charge in [-0.1, -0.05) is 55.3 Å². The zero-order valence-corrected chi connectivity index (χ0v) is 17.8. The fourth-order valence-corrected chi connectivity index (χ4v) is 4.26. The van der Waals surface area contributed by atoms with Crippen molar-refractivity contribution >= 4 is 17.8 Å². The van der Waals surface area contributed by atoms with Crippen LogP contribution in [0, 0.1) is 5.92 Å². The molecule has 2 atom stereocenters. The summed E-state index contributed by atoms with van der Waals surface area (Å²) in [6.07, 6.45) is 7.85. The van der Waals surface area contributed by atoms with Gasteiger partial charge in [0.15, 0.2) is 0 Å². The lowest BCUT2D eigenvalue weighted by Gasteiger charge is -2.29. The molecule has 0 aromatic heterocycles. The summed E-state index contributed by atoms with van der Waals surface area (Å²) in [5, 5.41) is 15.6. The Labute approximate surface area is 183 Å². The van der Waals surface area contributed by atoms with Gasteiger partial charge >= 0.3 is 5.97 Å². The van der Waals surface area contributed by atoms with Crippen LogP contribution < -0.4 is 10.6 Å². The number of carbonyl (C=O) groups is 3. The number of rotatable bonds is 5. The second kappa shape index (κ2) is 11.1. The van der Waals surface area contributed by atoms with Crippen LogP contribution in [0.4, 0.5) is 0 Å². The molecule has 7 nitrogen and oxygen atoms in total. The van der Waals surface area contributed by atoms with Gasteiger partial charge < -0.3 is 20.5 Å². The van der Waals surface area contributed by atoms with Crippen molar-refractivity contribution in [3.8, 4) is 0 Å². The smallest absolute Gasteiger partial charge is 0.306 e. The predicted molar refractivity (Wildman–Crippen MR) is 116 cm³/mol. The Morgan fingerprint density at radius 1 is 1.16 bits per heavy atom. The maximum Gasteiger partial charge on any atom is 0.306 e. The Hall–Kier alpha value is -2.67. The Morgan fingerprint density at radius 3 is 2.61 bits per heavy atom. The van der Waals surface area contributed by atoms with Gasteiger partial charge in [0.1, 0.15) is 6.10 Å². The van der Waals surface area contributed by atoms with Crippen LogP contribution in [0.15, 0.2) is 42.5 Å². The number of aliphatic hydroxyl groups excluding tert-OH is 1. The summed E-state index contributed by atoms with van der Waals surface area (Å²) in [5.74, 6) is -1.31. The number of amides is 2. The summed E-state index contributed by atoms with van der Waals surface area (Å²) in [6.45, 7) is 0.0661. The molecule has 1 aliphatic carbocycles. The van der Waals surface area contributed by atoms with Crippen molar-refractivity contribution in [1.29, 1.82) is 0 Å². The second-order valence-corrected chi connectivity index (χ2v) is 8.47. The second-order valence-electron chi connectivity index (χ2n) is 8.47. The van der Waals surface area contributed by atoms with Gasteiger partial charge in [0.2, 0.25) is 11.8 Å². The summed E-state index contributed by atoms with van der Waals surface area (Å²) in [5.41, 5.74) is 0.255. The normalized spacial score (nSPS) is 24.4. The summed E-state index contributed by atoms with van der Waals surface area (Å²) in [7, 11) is 0. The minimum atomic E-state index is -0.577. The van der Waals surface area contributed by atoms with E-state index in [9.17, 15) is 19.5 Å². The highest BCUT2D eigenvalue weighted by atomic mass is 16.5. The highest BCUT2D eigenvalue weighted by Gasteiger charge is 2.35. The molecule has 2 aliphatic rings. The Kier molecular flexibility index (Phi) is 8.23. The van der Waals surface area contributed by atoms with E-state index < -0.39 is 17.6 Å². The summed E-state index contributed by atoms with van der Waals surface area (Å²) < 4.78 is 5.60. The Morgan fingerprint density at radius 2 is 1.90 bits per heavy atom. The first-order chi connectivity index (χ1) is 15.0. The third-order valence-electron chi connectivity index (χ3n) is 6.08. The molecule has 1 aromatic rings. The lowest BCUT2D eigenvalue weighted by molar-refractivity contribution is -0.150. The summed E-state index contributed by atoms with van der Waals surface area (Å²) >= 11 is 0. The number of ether oxygens (including phenoxy) is 1. The maximum absolute atomic E-state index is 12.9. The minimum Gasteiger partial charge on any atom is -0.456 e. The van der Waals surface area contributed by atoms with Crippen LogP contribution in [-0.4, -0.2) is 41.6 Å². The van der Waals surface area contributed by atoms with E-state index in [4.69, 9.17) is 4.74 Å². The molecule has 1 saturated carbocycles. The van der Waals surface area contributed by atoms with E-state index in [1.807, 2.05) is 42.5 Å². The van der Waals surface area contributed by atoms with Gasteiger partial charge in [-0.25, -0.2) is 0 Å². The van der Waals surface area contributed by atoms with Crippen molar-refractivity contribution in [2.45, 2.75) is 63.0 Å². The molecule has 1 aliphatic heterocycles. The Balaban J connectivity index is 1.67. The molecule has 0 spiro atoms. The molecule has 0 radical (unpaired) electrons. The standard InChI is InChI=1S/C24H32N2O5/c27-17-24(13-7-8-14-24)26-21(28)15-19-11-5-2-6-12-22(29)31-20(16-25-23(19)30)18-9-3-1-4-10-18/h1-5,9-10,19-20,27H,6-8,11-17H2,(H,25,30)(H,26,28)/t19-,20+/m1/s1. The van der Waals surface area contributed by atoms with Crippen molar-refractivity contribution in [3.05, 3.63) is 48.0 Å². The quantitative estimate of drug-likeness (QED) is 0.494. The molecule has 1 heterocycles. The minimum absolute atomic E-state index is 0.0493. The molecule has 31 heavy (non-hydrogen) atoms. The van der Waals surface area contributed by atoms with Crippen molar-refractivity contribution in [3.63, 3.8) is 0 Å². The van der Waals surface area contributed by atoms with E-state index in [1.54, 1.807) is 0 Å². The lowest BCUT2D eigenvalue weighted by atomic mass is 9.95. The van der Waals surface area contributed by atoms with E-state index in [2.05, 4.69) is 10.6 Å². The third kappa shape index (κ3) is 6.66. The number of allylic oxidation sites excluding steroid dienone is 2. The molecule has 0 bridgehead atoms. The van der Waals surface area contributed by atoms with Crippen LogP contribution in [0.3, 0.4) is 0 Å². The number of hydrogen-bond acceptors (Lipinski definition) is 5. The first-order valence-corrected chi connectivity index (χ1v) is 11.1. The number of esters is 1. The molecular weight excluding hydrogens is 396 g/mol. The number of nitrogens with one attached hydrogen (secondary N) is 2. The summed E-state index contributed by atoms with van der Waals surface area (Å²) in [6, 6.07) is 9.31. The Bertz CT molecular complexity index is 786. The van der Waals surface area contributed by atoms with Gasteiger partial charge in [0.25, 0.3) is 0 Å². The fraction of sp³-hybridized carbons (Fsp3) is 0.542. The van der Waals surface area contributed by atoms with E-state index in [0.717, 1.165) is 31.2 Å². The molecule has 2 amide bonds. The third-order valence-corrected chi connectivity index (χ3v) is 6.08. The first kappa shape index (κ1) is 23.0. The number of cyclic esters (lactones) is 1. The van der Waals surface area contributed by atoms with E-state index in [1.165, 1.54) is 0 Å². The van der Waals surface area contributed by atoms with Crippen LogP contribution in [0.1, 0.15) is 63.0 Å². The average Bonchev–Trinajstić information content (AvgIpc) is 3.24. The zero-order valence-electron chi connectivity index (χ0n) is 17.8. The predicted octanol–water partition coefficient (Wildman–Crippen LogP) is 2.55. The number of hydrogen-bond donors (Lipinski definition) is 3. The van der Waals surface area contributed by atoms with Gasteiger partial charge in [-0.15, -0.1) is 0 Å². The van der Waals surface area contributed by atoms with Gasteiger partial charge in [-0.2, -0.15) is 0 Å². The molecule has 168 valence electrons. The van der Waals surface area contributed by atoms with Crippen molar-refractivity contribution < 1.29 is 24.2 Å². The highest BCUT2D eigenvalue weighted by Crippen LogP contribution is 2.29. The van der Waals surface area contributed by atoms with E-state index in [0.29, 0.717) is 12.8 Å². The summed E-state index contributed by atoms with van der Waals surface area (Å²) in [4.78, 5) is 37.7. The molecular formula is C24H32N2O5. The van der Waals surface area contributed by atoms with Crippen molar-refractivity contribution in [1.82, 2.24) is 10.6 Å². The monoisotopic (exact) mass is 428 g/mol. The number of aliphatic hydroxyl groups is 1. The lowest BCUT2D eigenvalue weighted by Crippen LogP contribution is -2.50. The fourth-order valence-electron chi connectivity index (χ4n) is 4.26. The van der Waals surface area contributed by atoms with Gasteiger partial charge in [0, 0.05) is 12.8 Å². The SMILES string of the molecule is O=C(C[C@H]1CC=CCCC(=O)O[C@H](c2ccccc2)CNC1=O)NC1(CO)CCCC1. The zero-order chi connectivity index (χ0) is 22.1. The molecule has 0 saturated heterocycles. The van der Waals surface area contributed by atoms with E-state index in [-0.39, 0.29) is 43.8 Å². The molecule has 7 heteroatoms. The maximum atomic E-state index is 12.9. The van der Waals surface area contributed by atoms with Crippen LogP contribution in [0.25, 0.3) is 0 Å². The molecule has 3 N–H and O–H groups in total. The molecule has 3 rings (SSSR count). The number of benzene rings is 1. The van der Waals surface area contributed by atoms with Crippen LogP contribution in [0.2, 0.25) is 0 Å². The van der Waals surface area contributed by atoms with Gasteiger partial charge in [-0.3, -0.25) is 14.4 Å². The largest absolute Gasteiger partial charge is 0.456 e. The van der Waals surface area contributed by atoms with Crippen LogP contribution in [0.5, 0.6) is 0 Å². The molecule has 0 unspecified atom stereocenters. The van der Waals surface area contributed by atoms with Crippen LogP contribution >= 0.6 is 0 Å².